The van der Waals surface area contributed by atoms with Crippen molar-refractivity contribution >= 4 is 32.5 Å². The average molecular weight is 533 g/mol. The van der Waals surface area contributed by atoms with Gasteiger partial charge in [0, 0.05) is 12.3 Å². The van der Waals surface area contributed by atoms with Crippen LogP contribution >= 0.6 is 0 Å². The van der Waals surface area contributed by atoms with E-state index in [0.29, 0.717) is 25.4 Å². The zero-order valence-electron chi connectivity index (χ0n) is 23.0. The van der Waals surface area contributed by atoms with Gasteiger partial charge in [-0.1, -0.05) is 113 Å². The lowest BCUT2D eigenvalue weighted by atomic mass is 9.90. The number of hydrogen-bond donors (Lipinski definition) is 0. The van der Waals surface area contributed by atoms with E-state index in [9.17, 15) is 4.79 Å². The molecule has 196 valence electrons. The molecule has 0 bridgehead atoms. The minimum absolute atomic E-state index is 0.0962. The van der Waals surface area contributed by atoms with Gasteiger partial charge in [-0.05, 0) is 26.2 Å². The molecule has 0 N–H and O–H groups in total. The van der Waals surface area contributed by atoms with Gasteiger partial charge in [-0.15, -0.1) is 0 Å². The molecular formula is C31H40O4Si2. The number of ether oxygens (including phenoxy) is 2. The van der Waals surface area contributed by atoms with E-state index in [0.717, 1.165) is 5.20 Å². The molecule has 6 heteroatoms. The molecule has 1 fully saturated rings. The number of ketones is 1. The number of benzene rings is 2. The topological polar surface area (TPSA) is 44.8 Å². The first-order valence-electron chi connectivity index (χ1n) is 13.5. The van der Waals surface area contributed by atoms with E-state index in [1.54, 1.807) is 0 Å². The van der Waals surface area contributed by atoms with Crippen molar-refractivity contribution in [2.24, 2.45) is 5.92 Å². The summed E-state index contributed by atoms with van der Waals surface area (Å²) in [6.45, 7) is 14.7. The van der Waals surface area contributed by atoms with Crippen molar-refractivity contribution in [3.05, 3.63) is 83.6 Å². The zero-order chi connectivity index (χ0) is 26.4. The predicted molar refractivity (Wildman–Crippen MR) is 155 cm³/mol. The lowest BCUT2D eigenvalue weighted by Crippen LogP contribution is -2.67. The molecule has 0 saturated carbocycles. The molecule has 1 saturated heterocycles. The van der Waals surface area contributed by atoms with E-state index in [-0.39, 0.29) is 29.3 Å². The molecule has 5 rings (SSSR count). The number of hydrogen-bond acceptors (Lipinski definition) is 4. The fourth-order valence-corrected chi connectivity index (χ4v) is 13.2. The summed E-state index contributed by atoms with van der Waals surface area (Å²) in [7, 11) is -4.47. The minimum Gasteiger partial charge on any atom is -0.404 e. The van der Waals surface area contributed by atoms with Crippen molar-refractivity contribution in [3.63, 3.8) is 0 Å². The third-order valence-electron chi connectivity index (χ3n) is 8.00. The molecule has 2 aliphatic heterocycles. The van der Waals surface area contributed by atoms with Crippen LogP contribution in [0.4, 0.5) is 0 Å². The molecule has 0 amide bonds. The van der Waals surface area contributed by atoms with Gasteiger partial charge in [0.05, 0.1) is 27.4 Å². The molecule has 2 heterocycles. The van der Waals surface area contributed by atoms with Crippen molar-refractivity contribution in [1.29, 1.82) is 0 Å². The monoisotopic (exact) mass is 532 g/mol. The normalized spacial score (nSPS) is 26.3. The molecular weight excluding hydrogens is 493 g/mol. The third kappa shape index (κ3) is 4.79. The van der Waals surface area contributed by atoms with Crippen LogP contribution in [0.3, 0.4) is 0 Å². The van der Waals surface area contributed by atoms with Gasteiger partial charge in [-0.2, -0.15) is 0 Å². The van der Waals surface area contributed by atoms with Crippen LogP contribution in [0.5, 0.6) is 0 Å². The smallest absolute Gasteiger partial charge is 0.261 e. The quantitative estimate of drug-likeness (QED) is 0.386. The Kier molecular flexibility index (Phi) is 7.09. The second-order valence-corrected chi connectivity index (χ2v) is 22.0. The molecule has 2 aromatic rings. The lowest BCUT2D eigenvalue weighted by Gasteiger charge is -2.45. The SMILES string of the molecule is CC(C)(C)[Si](OC[C@@H]1C=C[C@H]2OC[C@@H]3CC(=O)C([Si](C)(C)C)=C3[C@@H]2O1)(c1ccccc1)c1ccccc1. The van der Waals surface area contributed by atoms with E-state index in [2.05, 4.69) is 113 Å². The molecule has 2 aromatic carbocycles. The summed E-state index contributed by atoms with van der Waals surface area (Å²) in [5.41, 5.74) is 1.22. The molecule has 0 unspecified atom stereocenters. The van der Waals surface area contributed by atoms with Crippen LogP contribution in [0.1, 0.15) is 27.2 Å². The number of Topliss-reactive ketones (excluding diaryl/α,β-unsaturated/α-hetero) is 1. The molecule has 4 nitrogen and oxygen atoms in total. The van der Waals surface area contributed by atoms with E-state index >= 15 is 0 Å². The van der Waals surface area contributed by atoms with Gasteiger partial charge >= 0.3 is 0 Å². The van der Waals surface area contributed by atoms with Crippen molar-refractivity contribution in [2.75, 3.05) is 13.2 Å². The Hall–Kier alpha value is -2.10. The van der Waals surface area contributed by atoms with Crippen molar-refractivity contribution in [3.8, 4) is 0 Å². The maximum Gasteiger partial charge on any atom is 0.261 e. The highest BCUT2D eigenvalue weighted by Gasteiger charge is 2.52. The van der Waals surface area contributed by atoms with Crippen LogP contribution in [0, 0.1) is 5.92 Å². The van der Waals surface area contributed by atoms with Crippen LogP contribution < -0.4 is 10.4 Å². The molecule has 37 heavy (non-hydrogen) atoms. The van der Waals surface area contributed by atoms with Gasteiger partial charge < -0.3 is 13.9 Å². The van der Waals surface area contributed by atoms with Gasteiger partial charge in [0.1, 0.15) is 12.2 Å². The van der Waals surface area contributed by atoms with Crippen LogP contribution in [0.25, 0.3) is 0 Å². The number of fused-ring (bicyclic) bond motifs is 3. The first kappa shape index (κ1) is 26.5. The first-order chi connectivity index (χ1) is 17.5. The van der Waals surface area contributed by atoms with E-state index in [1.807, 2.05) is 0 Å². The van der Waals surface area contributed by atoms with E-state index < -0.39 is 16.4 Å². The van der Waals surface area contributed by atoms with Crippen LogP contribution in [0.15, 0.2) is 83.6 Å². The average Bonchev–Trinajstić information content (AvgIpc) is 3.22. The molecule has 1 aliphatic carbocycles. The Balaban J connectivity index is 1.48. The van der Waals surface area contributed by atoms with Crippen LogP contribution in [0.2, 0.25) is 24.7 Å². The first-order valence-corrected chi connectivity index (χ1v) is 18.9. The highest BCUT2D eigenvalue weighted by atomic mass is 28.4. The van der Waals surface area contributed by atoms with E-state index in [1.165, 1.54) is 15.9 Å². The number of rotatable bonds is 6. The van der Waals surface area contributed by atoms with Crippen molar-refractivity contribution in [2.45, 2.75) is 70.2 Å². The Labute approximate surface area is 223 Å². The summed E-state index contributed by atoms with van der Waals surface area (Å²) >= 11 is 0. The largest absolute Gasteiger partial charge is 0.404 e. The fourth-order valence-electron chi connectivity index (χ4n) is 6.50. The molecule has 0 radical (unpaired) electrons. The van der Waals surface area contributed by atoms with Gasteiger partial charge in [0.15, 0.2) is 5.78 Å². The zero-order valence-corrected chi connectivity index (χ0v) is 25.0. The summed E-state index contributed by atoms with van der Waals surface area (Å²) in [6.07, 6.45) is 4.27. The Bertz CT molecular complexity index is 1150. The Morgan fingerprint density at radius 3 is 2.05 bits per heavy atom. The third-order valence-corrected chi connectivity index (χ3v) is 15.1. The molecule has 4 atom stereocenters. The second-order valence-electron chi connectivity index (χ2n) is 12.7. The maximum atomic E-state index is 13.1. The molecule has 0 aromatic heterocycles. The molecule has 3 aliphatic rings. The lowest BCUT2D eigenvalue weighted by molar-refractivity contribution is -0.117. The summed E-state index contributed by atoms with van der Waals surface area (Å²) in [6, 6.07) is 21.4. The maximum absolute atomic E-state index is 13.1. The summed E-state index contributed by atoms with van der Waals surface area (Å²) in [5.74, 6) is 0.460. The van der Waals surface area contributed by atoms with Crippen LogP contribution in [-0.4, -0.2) is 53.7 Å². The highest BCUT2D eigenvalue weighted by Crippen LogP contribution is 2.44. The second kappa shape index (κ2) is 9.90. The number of carbonyl (C=O) groups is 1. The Morgan fingerprint density at radius 1 is 0.919 bits per heavy atom. The van der Waals surface area contributed by atoms with Gasteiger partial charge in [0.2, 0.25) is 0 Å². The fraction of sp³-hybridized carbons (Fsp3) is 0.452. The predicted octanol–water partition coefficient (Wildman–Crippen LogP) is 5.05. The number of allylic oxidation sites excluding steroid dienone is 1. The van der Waals surface area contributed by atoms with Crippen molar-refractivity contribution < 1.29 is 18.7 Å². The van der Waals surface area contributed by atoms with Gasteiger partial charge in [-0.3, -0.25) is 4.79 Å². The van der Waals surface area contributed by atoms with Crippen molar-refractivity contribution in [1.82, 2.24) is 0 Å². The van der Waals surface area contributed by atoms with Crippen LogP contribution in [-0.2, 0) is 18.7 Å². The summed E-state index contributed by atoms with van der Waals surface area (Å²) in [4.78, 5) is 13.1. The Morgan fingerprint density at radius 2 is 1.51 bits per heavy atom. The molecule has 0 spiro atoms. The van der Waals surface area contributed by atoms with Gasteiger partial charge in [0.25, 0.3) is 8.32 Å². The number of carbonyl (C=O) groups excluding carboxylic acids is 1. The van der Waals surface area contributed by atoms with Gasteiger partial charge in [-0.25, -0.2) is 0 Å². The van der Waals surface area contributed by atoms with E-state index in [4.69, 9.17) is 13.9 Å². The minimum atomic E-state index is -2.66. The summed E-state index contributed by atoms with van der Waals surface area (Å²) in [5, 5.41) is 3.51. The highest BCUT2D eigenvalue weighted by molar-refractivity contribution is 6.99. The summed E-state index contributed by atoms with van der Waals surface area (Å²) < 4.78 is 20.1. The standard InChI is InChI=1S/C31H40O4Si2/c1-31(2,3)37(24-13-9-7-10-14-24,25-15-11-8-12-16-25)34-21-23-17-18-27-29(35-23)28-22(20-33-27)19-26(32)30(28)36(4,5)6/h7-18,22-23,27,29H,19-21H2,1-6H3/t22-,23-,27+,29+/m0/s1.